The number of nitrogens with zero attached hydrogens (tertiary/aromatic N) is 3. The number of piperidine rings is 1. The van der Waals surface area contributed by atoms with Gasteiger partial charge in [-0.1, -0.05) is 12.8 Å². The number of rotatable bonds is 5. The van der Waals surface area contributed by atoms with E-state index in [4.69, 9.17) is 24.9 Å². The second kappa shape index (κ2) is 12.5. The maximum Gasteiger partial charge on any atom is 0.490 e. The Bertz CT molecular complexity index is 990. The second-order valence-electron chi connectivity index (χ2n) is 10.0. The fourth-order valence-corrected chi connectivity index (χ4v) is 5.25. The van der Waals surface area contributed by atoms with E-state index in [0.29, 0.717) is 6.54 Å². The number of aliphatic carboxylic acids is 2. The number of hydrogen-bond acceptors (Lipinski definition) is 6. The number of nitrogens with one attached hydrogen (secondary N) is 2. The molecule has 1 saturated heterocycles. The summed E-state index contributed by atoms with van der Waals surface area (Å²) in [7, 11) is 0. The van der Waals surface area contributed by atoms with Crippen molar-refractivity contribution in [3.05, 3.63) is 17.5 Å². The lowest BCUT2D eigenvalue weighted by Gasteiger charge is -2.28. The molecule has 10 nitrogen and oxygen atoms in total. The smallest absolute Gasteiger partial charge is 0.475 e. The van der Waals surface area contributed by atoms with Gasteiger partial charge in [0.15, 0.2) is 0 Å². The summed E-state index contributed by atoms with van der Waals surface area (Å²) in [6.07, 6.45) is -5.66. The Balaban J connectivity index is 0.000000251. The molecule has 0 aromatic carbocycles. The summed E-state index contributed by atoms with van der Waals surface area (Å²) in [5.41, 5.74) is 2.32. The summed E-state index contributed by atoms with van der Waals surface area (Å²) < 4.78 is 65.6. The van der Waals surface area contributed by atoms with Gasteiger partial charge in [0.2, 0.25) is 5.91 Å². The van der Waals surface area contributed by atoms with Crippen LogP contribution in [0.4, 0.5) is 26.3 Å². The molecule has 16 heteroatoms. The highest BCUT2D eigenvalue weighted by Gasteiger charge is 2.53. The van der Waals surface area contributed by atoms with Crippen molar-refractivity contribution in [3.63, 3.8) is 0 Å². The number of carboxylic acids is 2. The molecule has 2 saturated carbocycles. The van der Waals surface area contributed by atoms with Crippen LogP contribution < -0.4 is 10.6 Å². The Kier molecular flexibility index (Phi) is 9.85. The van der Waals surface area contributed by atoms with Gasteiger partial charge < -0.3 is 20.8 Å². The van der Waals surface area contributed by atoms with Crippen molar-refractivity contribution in [1.29, 1.82) is 0 Å². The van der Waals surface area contributed by atoms with Crippen LogP contribution in [0.2, 0.25) is 0 Å². The van der Waals surface area contributed by atoms with Gasteiger partial charge in [-0.05, 0) is 49.8 Å². The first-order chi connectivity index (χ1) is 18.2. The van der Waals surface area contributed by atoms with Gasteiger partial charge in [-0.3, -0.25) is 14.4 Å². The van der Waals surface area contributed by atoms with Gasteiger partial charge in [0.1, 0.15) is 0 Å². The average Bonchev–Trinajstić information content (AvgIpc) is 3.37. The highest BCUT2D eigenvalue weighted by Crippen LogP contribution is 2.49. The minimum Gasteiger partial charge on any atom is -0.475 e. The van der Waals surface area contributed by atoms with E-state index >= 15 is 0 Å². The lowest BCUT2D eigenvalue weighted by molar-refractivity contribution is -0.193. The molecule has 0 bridgehead atoms. The van der Waals surface area contributed by atoms with Gasteiger partial charge in [0.25, 0.3) is 0 Å². The van der Waals surface area contributed by atoms with Crippen LogP contribution in [0.5, 0.6) is 0 Å². The third-order valence-electron chi connectivity index (χ3n) is 7.32. The Morgan fingerprint density at radius 2 is 1.51 bits per heavy atom. The molecule has 4 aliphatic rings. The van der Waals surface area contributed by atoms with Crippen LogP contribution in [-0.4, -0.2) is 81.3 Å². The van der Waals surface area contributed by atoms with Crippen molar-refractivity contribution in [3.8, 4) is 0 Å². The summed E-state index contributed by atoms with van der Waals surface area (Å²) in [5, 5.41) is 25.5. The van der Waals surface area contributed by atoms with E-state index in [1.54, 1.807) is 0 Å². The first-order valence-corrected chi connectivity index (χ1v) is 12.5. The fraction of sp³-hybridized carbons (Fsp3) is 0.739. The molecule has 0 spiro atoms. The van der Waals surface area contributed by atoms with Crippen LogP contribution >= 0.6 is 0 Å². The van der Waals surface area contributed by atoms with E-state index in [2.05, 4.69) is 26.3 Å². The van der Waals surface area contributed by atoms with Crippen molar-refractivity contribution in [2.24, 2.45) is 23.7 Å². The monoisotopic (exact) mass is 571 g/mol. The number of fused-ring (bicyclic) bond motifs is 2. The number of aromatic nitrogens is 2. The fourth-order valence-electron chi connectivity index (χ4n) is 5.25. The number of carbonyl (C=O) groups excluding carboxylic acids is 1. The first-order valence-electron chi connectivity index (χ1n) is 12.5. The largest absolute Gasteiger partial charge is 0.490 e. The molecular formula is C23H31F6N5O5. The Morgan fingerprint density at radius 3 is 2.03 bits per heavy atom. The number of amides is 1. The molecule has 3 fully saturated rings. The minimum atomic E-state index is -5.08. The molecule has 4 N–H and O–H groups in total. The Labute approximate surface area is 219 Å². The van der Waals surface area contributed by atoms with Crippen molar-refractivity contribution in [2.75, 3.05) is 26.2 Å². The van der Waals surface area contributed by atoms with Gasteiger partial charge in [0.05, 0.1) is 24.5 Å². The number of halogens is 6. The van der Waals surface area contributed by atoms with E-state index in [9.17, 15) is 31.1 Å². The van der Waals surface area contributed by atoms with Crippen LogP contribution in [0.25, 0.3) is 0 Å². The highest BCUT2D eigenvalue weighted by molar-refractivity contribution is 5.78. The van der Waals surface area contributed by atoms with Crippen molar-refractivity contribution < 1.29 is 50.9 Å². The summed E-state index contributed by atoms with van der Waals surface area (Å²) in [4.78, 5) is 32.6. The predicted molar refractivity (Wildman–Crippen MR) is 122 cm³/mol. The molecule has 3 heterocycles. The van der Waals surface area contributed by atoms with Gasteiger partial charge in [0, 0.05) is 25.6 Å². The molecule has 0 radical (unpaired) electrons. The number of hydrogen-bond donors (Lipinski definition) is 4. The molecule has 2 aliphatic carbocycles. The highest BCUT2D eigenvalue weighted by atomic mass is 19.4. The van der Waals surface area contributed by atoms with E-state index in [1.165, 1.54) is 38.2 Å². The second-order valence-corrected chi connectivity index (χ2v) is 10.0. The standard InChI is InChI=1S/C19H29N5O.2C2HF3O2/c25-19(13-3-1-2-4-13)21-8-14-7-15-11-23(5-6-24(15)22-14)12-18-16-9-20-10-17(16)18;2*3-2(4,5)1(6)7/h7,13,16-18,20H,1-6,8-12H2,(H,21,25);2*(H,6,7)/t16-,17+,18?;;. The van der Waals surface area contributed by atoms with Gasteiger partial charge in [-0.15, -0.1) is 0 Å². The van der Waals surface area contributed by atoms with Crippen molar-refractivity contribution >= 4 is 17.8 Å². The normalized spacial score (nSPS) is 24.4. The van der Waals surface area contributed by atoms with Crippen molar-refractivity contribution in [2.45, 2.75) is 57.7 Å². The molecule has 220 valence electrons. The topological polar surface area (TPSA) is 137 Å². The maximum absolute atomic E-state index is 12.2. The summed E-state index contributed by atoms with van der Waals surface area (Å²) in [5.74, 6) is -2.26. The number of alkyl halides is 6. The lowest BCUT2D eigenvalue weighted by Crippen LogP contribution is -2.36. The maximum atomic E-state index is 12.2. The minimum absolute atomic E-state index is 0.221. The van der Waals surface area contributed by atoms with Crippen LogP contribution in [0.1, 0.15) is 37.1 Å². The molecule has 1 unspecified atom stereocenters. The summed E-state index contributed by atoms with van der Waals surface area (Å²) in [6.45, 7) is 7.37. The third-order valence-corrected chi connectivity index (χ3v) is 7.32. The Morgan fingerprint density at radius 1 is 0.974 bits per heavy atom. The quantitative estimate of drug-likeness (QED) is 0.395. The third kappa shape index (κ3) is 8.81. The molecule has 1 aromatic rings. The first kappa shape index (κ1) is 30.7. The molecule has 39 heavy (non-hydrogen) atoms. The van der Waals surface area contributed by atoms with Gasteiger partial charge >= 0.3 is 24.3 Å². The molecule has 5 rings (SSSR count). The zero-order valence-electron chi connectivity index (χ0n) is 20.9. The van der Waals surface area contributed by atoms with E-state index < -0.39 is 24.3 Å². The van der Waals surface area contributed by atoms with E-state index in [0.717, 1.165) is 55.9 Å². The van der Waals surface area contributed by atoms with E-state index in [-0.39, 0.29) is 11.8 Å². The van der Waals surface area contributed by atoms with E-state index in [1.807, 2.05) is 0 Å². The predicted octanol–water partition coefficient (Wildman–Crippen LogP) is 2.24. The van der Waals surface area contributed by atoms with Gasteiger partial charge in [-0.25, -0.2) is 9.59 Å². The number of carboxylic acid groups (broad SMARTS) is 2. The molecule has 1 amide bonds. The van der Waals surface area contributed by atoms with Crippen LogP contribution in [-0.2, 0) is 34.0 Å². The summed E-state index contributed by atoms with van der Waals surface area (Å²) in [6, 6.07) is 2.19. The molecule has 2 aliphatic heterocycles. The van der Waals surface area contributed by atoms with Crippen LogP contribution in [0.3, 0.4) is 0 Å². The molecule has 3 atom stereocenters. The number of carbonyl (C=O) groups is 3. The molecular weight excluding hydrogens is 540 g/mol. The molecule has 1 aromatic heterocycles. The summed E-state index contributed by atoms with van der Waals surface area (Å²) >= 11 is 0. The SMILES string of the molecule is O=C(NCc1cc2n(n1)CCN(CC1[C@H]3CNC[C@@H]13)C2)C1CCCC1.O=C(O)C(F)(F)F.O=C(O)C(F)(F)F. The zero-order valence-corrected chi connectivity index (χ0v) is 20.9. The Hall–Kier alpha value is -2.88. The van der Waals surface area contributed by atoms with Crippen molar-refractivity contribution in [1.82, 2.24) is 25.3 Å². The zero-order chi connectivity index (χ0) is 29.0. The lowest BCUT2D eigenvalue weighted by atomic mass is 10.1. The van der Waals surface area contributed by atoms with Gasteiger partial charge in [-0.2, -0.15) is 31.4 Å². The van der Waals surface area contributed by atoms with Crippen LogP contribution in [0, 0.1) is 23.7 Å². The van der Waals surface area contributed by atoms with Crippen LogP contribution in [0.15, 0.2) is 6.07 Å². The average molecular weight is 572 g/mol.